The van der Waals surface area contributed by atoms with Crippen molar-refractivity contribution in [1.82, 2.24) is 0 Å². The average molecular weight is 399 g/mol. The van der Waals surface area contributed by atoms with Crippen molar-refractivity contribution < 1.29 is 28.4 Å². The lowest BCUT2D eigenvalue weighted by molar-refractivity contribution is -1.02. The van der Waals surface area contributed by atoms with Gasteiger partial charge in [-0.1, -0.05) is 17.7 Å². The molecule has 1 aliphatic rings. The molecule has 1 aliphatic heterocycles. The summed E-state index contributed by atoms with van der Waals surface area (Å²) in [5.74, 6) is -0.0241. The van der Waals surface area contributed by atoms with Crippen LogP contribution in [0.3, 0.4) is 0 Å². The van der Waals surface area contributed by atoms with E-state index < -0.39 is 6.10 Å². The molecule has 3 rings (SSSR count). The minimum absolute atomic E-state index is 0.177. The average Bonchev–Trinajstić information content (AvgIpc) is 2.66. The van der Waals surface area contributed by atoms with Crippen molar-refractivity contribution in [2.24, 2.45) is 0 Å². The van der Waals surface area contributed by atoms with Crippen LogP contribution in [0.1, 0.15) is 5.56 Å². The molecule has 1 heterocycles. The topological polar surface area (TPSA) is 38.3 Å². The Bertz CT molecular complexity index is 717. The zero-order valence-electron chi connectivity index (χ0n) is 15.1. The van der Waals surface area contributed by atoms with Crippen LogP contribution < -0.4 is 14.5 Å². The van der Waals surface area contributed by atoms with Crippen molar-refractivity contribution in [1.29, 1.82) is 0 Å². The molecule has 0 bridgehead atoms. The molecule has 4 nitrogen and oxygen atoms in total. The number of hydrogen-bond donors (Lipinski definition) is 3. The fraction of sp³-hybridized carbons (Fsp3) is 0.400. The van der Waals surface area contributed by atoms with Gasteiger partial charge in [0.2, 0.25) is 0 Å². The van der Waals surface area contributed by atoms with Crippen LogP contribution in [0.4, 0.5) is 8.78 Å². The fourth-order valence-corrected chi connectivity index (χ4v) is 3.63. The highest BCUT2D eigenvalue weighted by molar-refractivity contribution is 6.31. The van der Waals surface area contributed by atoms with Crippen molar-refractivity contribution in [3.8, 4) is 5.75 Å². The zero-order valence-corrected chi connectivity index (χ0v) is 15.8. The number of benzene rings is 2. The van der Waals surface area contributed by atoms with Crippen LogP contribution in [0.25, 0.3) is 0 Å². The van der Waals surface area contributed by atoms with Crippen LogP contribution in [0.5, 0.6) is 5.75 Å². The Morgan fingerprint density at radius 3 is 2.33 bits per heavy atom. The smallest absolute Gasteiger partial charge is 0.137 e. The largest absolute Gasteiger partial charge is 0.491 e. The summed E-state index contributed by atoms with van der Waals surface area (Å²) in [6, 6.07) is 10.5. The van der Waals surface area contributed by atoms with E-state index in [1.54, 1.807) is 24.3 Å². The summed E-state index contributed by atoms with van der Waals surface area (Å²) in [7, 11) is 0. The molecule has 0 radical (unpaired) electrons. The van der Waals surface area contributed by atoms with Crippen molar-refractivity contribution in [3.63, 3.8) is 0 Å². The van der Waals surface area contributed by atoms with E-state index in [-0.39, 0.29) is 18.2 Å². The van der Waals surface area contributed by atoms with Crippen molar-refractivity contribution >= 4 is 11.6 Å². The third-order valence-electron chi connectivity index (χ3n) is 4.93. The second-order valence-corrected chi connectivity index (χ2v) is 7.41. The Kier molecular flexibility index (Phi) is 7.01. The SMILES string of the molecule is O[C@H](COc1ccc(F)cc1)C[NH+]1CC[NH+](Cc2c(F)cccc2Cl)CC1. The predicted molar refractivity (Wildman–Crippen MR) is 99.3 cm³/mol. The van der Waals surface area contributed by atoms with Gasteiger partial charge in [-0.25, -0.2) is 8.78 Å². The second kappa shape index (κ2) is 9.46. The van der Waals surface area contributed by atoms with E-state index in [1.807, 2.05) is 0 Å². The quantitative estimate of drug-likeness (QED) is 0.629. The monoisotopic (exact) mass is 398 g/mol. The molecule has 0 saturated carbocycles. The van der Waals surface area contributed by atoms with Gasteiger partial charge in [0.1, 0.15) is 69.4 Å². The van der Waals surface area contributed by atoms with Crippen LogP contribution in [0.15, 0.2) is 42.5 Å². The van der Waals surface area contributed by atoms with Gasteiger partial charge in [-0.3, -0.25) is 0 Å². The Hall–Kier alpha value is -1.73. The summed E-state index contributed by atoms with van der Waals surface area (Å²) >= 11 is 6.11. The molecule has 1 fully saturated rings. The normalized spacial score (nSPS) is 21.0. The van der Waals surface area contributed by atoms with Gasteiger partial charge in [0.05, 0.1) is 10.6 Å². The van der Waals surface area contributed by atoms with Crippen LogP contribution in [-0.4, -0.2) is 50.5 Å². The molecule has 0 unspecified atom stereocenters. The van der Waals surface area contributed by atoms with Crippen LogP contribution in [-0.2, 0) is 6.54 Å². The van der Waals surface area contributed by atoms with Gasteiger partial charge in [-0.2, -0.15) is 0 Å². The Balaban J connectivity index is 1.40. The van der Waals surface area contributed by atoms with E-state index in [0.717, 1.165) is 26.2 Å². The van der Waals surface area contributed by atoms with Gasteiger partial charge in [0.25, 0.3) is 0 Å². The van der Waals surface area contributed by atoms with E-state index in [1.165, 1.54) is 28.0 Å². The summed E-state index contributed by atoms with van der Waals surface area (Å²) in [4.78, 5) is 2.59. The lowest BCUT2D eigenvalue weighted by atomic mass is 10.1. The number of hydrogen-bond acceptors (Lipinski definition) is 2. The molecule has 2 aromatic carbocycles. The van der Waals surface area contributed by atoms with Crippen LogP contribution >= 0.6 is 11.6 Å². The molecule has 0 amide bonds. The van der Waals surface area contributed by atoms with E-state index in [2.05, 4.69) is 0 Å². The highest BCUT2D eigenvalue weighted by Gasteiger charge is 2.26. The number of rotatable bonds is 7. The maximum atomic E-state index is 13.9. The van der Waals surface area contributed by atoms with Crippen molar-refractivity contribution in [3.05, 3.63) is 64.7 Å². The predicted octanol–water partition coefficient (Wildman–Crippen LogP) is 0.342. The molecule has 1 atom stereocenters. The van der Waals surface area contributed by atoms with Gasteiger partial charge in [0, 0.05) is 0 Å². The molecule has 2 aromatic rings. The molecular formula is C20H25ClF2N2O2+2. The molecule has 1 saturated heterocycles. The zero-order chi connectivity index (χ0) is 19.2. The van der Waals surface area contributed by atoms with E-state index in [4.69, 9.17) is 16.3 Å². The molecule has 3 N–H and O–H groups in total. The standard InChI is InChI=1S/C20H23ClF2N2O2/c21-19-2-1-3-20(23)18(19)13-25-10-8-24(9-11-25)12-16(26)14-27-17-6-4-15(22)5-7-17/h1-7,16,26H,8-14H2/p+2/t16-/m0/s1. The third-order valence-corrected chi connectivity index (χ3v) is 5.29. The number of quaternary nitrogens is 2. The van der Waals surface area contributed by atoms with Gasteiger partial charge < -0.3 is 19.6 Å². The van der Waals surface area contributed by atoms with Crippen LogP contribution in [0, 0.1) is 11.6 Å². The highest BCUT2D eigenvalue weighted by Crippen LogP contribution is 2.17. The summed E-state index contributed by atoms with van der Waals surface area (Å²) in [6.45, 7) is 4.93. The summed E-state index contributed by atoms with van der Waals surface area (Å²) < 4.78 is 32.3. The lowest BCUT2D eigenvalue weighted by Crippen LogP contribution is -3.28. The number of nitrogens with one attached hydrogen (secondary N) is 2. The number of halogens is 3. The minimum Gasteiger partial charge on any atom is -0.491 e. The first kappa shape index (κ1) is 20.0. The van der Waals surface area contributed by atoms with Gasteiger partial charge in [-0.05, 0) is 36.4 Å². The van der Waals surface area contributed by atoms with Crippen LogP contribution in [0.2, 0.25) is 5.02 Å². The van der Waals surface area contributed by atoms with Crippen molar-refractivity contribution in [2.45, 2.75) is 12.6 Å². The summed E-state index contributed by atoms with van der Waals surface area (Å²) in [5, 5.41) is 10.7. The van der Waals surface area contributed by atoms with Gasteiger partial charge >= 0.3 is 0 Å². The molecule has 0 aromatic heterocycles. The fourth-order valence-electron chi connectivity index (χ4n) is 3.40. The number of piperazine rings is 1. The molecule has 7 heteroatoms. The van der Waals surface area contributed by atoms with Gasteiger partial charge in [-0.15, -0.1) is 0 Å². The van der Waals surface area contributed by atoms with Gasteiger partial charge in [0.15, 0.2) is 0 Å². The van der Waals surface area contributed by atoms with E-state index >= 15 is 0 Å². The number of aliphatic hydroxyl groups is 1. The summed E-state index contributed by atoms with van der Waals surface area (Å²) in [6.07, 6.45) is -0.590. The first-order chi connectivity index (χ1) is 13.0. The maximum Gasteiger partial charge on any atom is 0.137 e. The Morgan fingerprint density at radius 2 is 1.67 bits per heavy atom. The maximum absolute atomic E-state index is 13.9. The lowest BCUT2D eigenvalue weighted by Gasteiger charge is -2.31. The number of ether oxygens (including phenoxy) is 1. The van der Waals surface area contributed by atoms with E-state index in [9.17, 15) is 13.9 Å². The van der Waals surface area contributed by atoms with Crippen molar-refractivity contribution in [2.75, 3.05) is 39.3 Å². The second-order valence-electron chi connectivity index (χ2n) is 7.00. The molecule has 27 heavy (non-hydrogen) atoms. The molecule has 0 spiro atoms. The Labute approximate surface area is 162 Å². The first-order valence-corrected chi connectivity index (χ1v) is 9.55. The first-order valence-electron chi connectivity index (χ1n) is 9.17. The van der Waals surface area contributed by atoms with E-state index in [0.29, 0.717) is 29.4 Å². The molecule has 146 valence electrons. The molecular weight excluding hydrogens is 374 g/mol. The third kappa shape index (κ3) is 5.87. The minimum atomic E-state index is -0.590. The Morgan fingerprint density at radius 1 is 1.00 bits per heavy atom. The summed E-state index contributed by atoms with van der Waals surface area (Å²) in [5.41, 5.74) is 0.574. The highest BCUT2D eigenvalue weighted by atomic mass is 35.5. The number of aliphatic hydroxyl groups excluding tert-OH is 1. The molecule has 0 aliphatic carbocycles.